The van der Waals surface area contributed by atoms with Crippen LogP contribution in [0.3, 0.4) is 0 Å². The molecule has 0 fully saturated rings. The van der Waals surface area contributed by atoms with Gasteiger partial charge in [0.05, 0.1) is 0 Å². The average Bonchev–Trinajstić information content (AvgIpc) is 2.73. The van der Waals surface area contributed by atoms with Crippen molar-refractivity contribution in [3.05, 3.63) is 20.8 Å². The molecule has 0 heterocycles. The second-order valence-electron chi connectivity index (χ2n) is 8.31. The van der Waals surface area contributed by atoms with Crippen LogP contribution in [0.4, 0.5) is 0 Å². The maximum Gasteiger partial charge on any atom is 2.00 e. The summed E-state index contributed by atoms with van der Waals surface area (Å²) in [6, 6.07) is 0. The quantitative estimate of drug-likeness (QED) is 0.0642. The normalized spacial score (nSPS) is 9.40. The van der Waals surface area contributed by atoms with E-state index >= 15 is 0 Å². The number of phosphoric acid groups is 1. The summed E-state index contributed by atoms with van der Waals surface area (Å²) in [6.45, 7) is 18.2. The van der Waals surface area contributed by atoms with Crippen molar-refractivity contribution < 1.29 is 77.7 Å². The zero-order chi connectivity index (χ0) is 25.3. The fourth-order valence-corrected chi connectivity index (χ4v) is 2.87. The monoisotopic (exact) mass is 668 g/mol. The van der Waals surface area contributed by atoms with Gasteiger partial charge in [0.25, 0.3) is 0 Å². The van der Waals surface area contributed by atoms with Gasteiger partial charge in [-0.2, -0.15) is 27.1 Å². The molecule has 0 saturated carbocycles. The topological polar surface area (TPSA) is 86.2 Å². The molecule has 0 spiro atoms. The molecule has 0 N–H and O–H groups in total. The molecular weight excluding hydrogens is 615 g/mol. The van der Waals surface area contributed by atoms with Crippen molar-refractivity contribution in [2.45, 2.75) is 156 Å². The summed E-state index contributed by atoms with van der Waals surface area (Å²) in [6.07, 6.45) is 28.3. The first-order valence-electron chi connectivity index (χ1n) is 13.4. The Morgan fingerprint density at radius 2 is 0.571 bits per heavy atom. The molecule has 0 unspecified atom stereocenters. The van der Waals surface area contributed by atoms with Crippen molar-refractivity contribution in [2.24, 2.45) is 0 Å². The minimum absolute atomic E-state index is 0. The van der Waals surface area contributed by atoms with Crippen molar-refractivity contribution in [1.82, 2.24) is 0 Å². The first kappa shape index (κ1) is 53.3. The molecule has 8 heteroatoms. The van der Waals surface area contributed by atoms with E-state index < -0.39 is 7.82 Å². The summed E-state index contributed by atoms with van der Waals surface area (Å²) in [7, 11) is -5.39. The average molecular weight is 673 g/mol. The summed E-state index contributed by atoms with van der Waals surface area (Å²) in [5.74, 6) is 0. The summed E-state index contributed by atoms with van der Waals surface area (Å²) in [5, 5.41) is 0. The first-order chi connectivity index (χ1) is 15.2. The van der Waals surface area contributed by atoms with Crippen molar-refractivity contribution >= 4 is 7.82 Å². The second-order valence-corrected chi connectivity index (χ2v) is 9.21. The Morgan fingerprint density at radius 1 is 0.429 bits per heavy atom. The Hall–Kier alpha value is 1.98. The Kier molecular flexibility index (Phi) is 79.8. The number of hydrogen-bond acceptors (Lipinski definition) is 4. The third kappa shape index (κ3) is 104. The fraction of sp³-hybridized carbons (Fsp3) is 0.889. The van der Waals surface area contributed by atoms with Crippen LogP contribution in [0.15, 0.2) is 0 Å². The molecule has 0 bridgehead atoms. The molecule has 0 aromatic rings. The van der Waals surface area contributed by atoms with Gasteiger partial charge in [-0.3, -0.25) is 0 Å². The van der Waals surface area contributed by atoms with Crippen LogP contribution in [0.25, 0.3) is 0 Å². The van der Waals surface area contributed by atoms with Gasteiger partial charge in [-0.1, -0.05) is 136 Å². The van der Waals surface area contributed by atoms with Gasteiger partial charge in [0.1, 0.15) is 0 Å². The van der Waals surface area contributed by atoms with Crippen molar-refractivity contribution in [1.29, 1.82) is 0 Å². The van der Waals surface area contributed by atoms with Crippen LogP contribution in [0.5, 0.6) is 0 Å². The maximum absolute atomic E-state index is 8.55. The molecule has 0 aliphatic carbocycles. The predicted octanol–water partition coefficient (Wildman–Crippen LogP) is 7.88. The number of unbranched alkanes of at least 4 members (excludes halogenated alkanes) is 18. The SMILES string of the molecule is O=P([O-])([O-])[O-].[CH2-]CCCCCCCC.[CH2-]CCCCCCCC.[CH2-]CCCCCCCC.[Zn+2].[Zn+2].[Zn+2]. The molecule has 35 heavy (non-hydrogen) atoms. The Bertz CT molecular complexity index is 274. The maximum atomic E-state index is 8.55. The summed E-state index contributed by atoms with van der Waals surface area (Å²) in [5.41, 5.74) is 0. The van der Waals surface area contributed by atoms with Crippen LogP contribution in [0, 0.1) is 20.8 Å². The van der Waals surface area contributed by atoms with Gasteiger partial charge in [0, 0.05) is 0 Å². The largest absolute Gasteiger partial charge is 2.00 e. The van der Waals surface area contributed by atoms with Crippen LogP contribution in [-0.2, 0) is 63.0 Å². The minimum Gasteiger partial charge on any atom is -0.822 e. The number of rotatable bonds is 18. The van der Waals surface area contributed by atoms with E-state index in [4.69, 9.17) is 19.2 Å². The molecular formula is C27H57O4PZn3. The van der Waals surface area contributed by atoms with E-state index in [0.717, 1.165) is 19.3 Å². The first-order valence-corrected chi connectivity index (χ1v) is 14.8. The van der Waals surface area contributed by atoms with E-state index in [1.807, 2.05) is 0 Å². The third-order valence-electron chi connectivity index (χ3n) is 4.81. The summed E-state index contributed by atoms with van der Waals surface area (Å²) < 4.78 is 8.55. The van der Waals surface area contributed by atoms with Crippen molar-refractivity contribution in [3.8, 4) is 0 Å². The van der Waals surface area contributed by atoms with Gasteiger partial charge in [0.2, 0.25) is 0 Å². The van der Waals surface area contributed by atoms with E-state index in [1.54, 1.807) is 0 Å². The van der Waals surface area contributed by atoms with E-state index in [1.165, 1.54) is 116 Å². The molecule has 4 nitrogen and oxygen atoms in total. The predicted molar refractivity (Wildman–Crippen MR) is 138 cm³/mol. The van der Waals surface area contributed by atoms with Gasteiger partial charge >= 0.3 is 58.4 Å². The standard InChI is InChI=1S/3C9H19.H3O4P.3Zn/c3*1-3-5-7-9-8-6-4-2;1-5(2,3)4;;;/h3*1,3-9H2,2H3;(H3,1,2,3,4);;;/q3*-1;;3*+2/p-3. The van der Waals surface area contributed by atoms with Gasteiger partial charge in [-0.05, 0) is 0 Å². The number of hydrogen-bond donors (Lipinski definition) is 0. The van der Waals surface area contributed by atoms with E-state index in [-0.39, 0.29) is 58.4 Å². The molecule has 0 aromatic carbocycles. The molecule has 0 radical (unpaired) electrons. The molecule has 0 aromatic heterocycles. The Balaban J connectivity index is -0.0000000592. The van der Waals surface area contributed by atoms with E-state index in [2.05, 4.69) is 41.5 Å². The molecule has 0 atom stereocenters. The van der Waals surface area contributed by atoms with Gasteiger partial charge in [0.15, 0.2) is 0 Å². The summed E-state index contributed by atoms with van der Waals surface area (Å²) >= 11 is 0. The Labute approximate surface area is 260 Å². The molecule has 0 aliphatic rings. The zero-order valence-electron chi connectivity index (χ0n) is 24.2. The van der Waals surface area contributed by atoms with Crippen LogP contribution in [-0.4, -0.2) is 0 Å². The molecule has 0 saturated heterocycles. The van der Waals surface area contributed by atoms with Gasteiger partial charge in [-0.25, -0.2) is 0 Å². The van der Waals surface area contributed by atoms with Crippen molar-refractivity contribution in [3.63, 3.8) is 0 Å². The third-order valence-corrected chi connectivity index (χ3v) is 4.81. The Morgan fingerprint density at radius 3 is 0.714 bits per heavy atom. The smallest absolute Gasteiger partial charge is 0.822 e. The van der Waals surface area contributed by atoms with E-state index in [0.29, 0.717) is 0 Å². The zero-order valence-corrected chi connectivity index (χ0v) is 34.0. The van der Waals surface area contributed by atoms with Gasteiger partial charge < -0.3 is 40.0 Å². The van der Waals surface area contributed by atoms with Crippen molar-refractivity contribution in [2.75, 3.05) is 0 Å². The minimum atomic E-state index is -5.39. The van der Waals surface area contributed by atoms with Crippen LogP contribution in [0.2, 0.25) is 0 Å². The molecule has 200 valence electrons. The second kappa shape index (κ2) is 52.4. The fourth-order valence-electron chi connectivity index (χ4n) is 2.87. The molecule has 0 amide bonds. The van der Waals surface area contributed by atoms with Crippen LogP contribution in [0.1, 0.15) is 156 Å². The van der Waals surface area contributed by atoms with Crippen LogP contribution >= 0.6 is 7.82 Å². The molecule has 0 aliphatic heterocycles. The van der Waals surface area contributed by atoms with E-state index in [9.17, 15) is 0 Å². The van der Waals surface area contributed by atoms with Gasteiger partial charge in [-0.15, -0.1) is 0 Å². The molecule has 0 rings (SSSR count). The van der Waals surface area contributed by atoms with Crippen LogP contribution < -0.4 is 14.7 Å². The summed E-state index contributed by atoms with van der Waals surface area (Å²) in [4.78, 5) is 25.6.